The van der Waals surface area contributed by atoms with Gasteiger partial charge in [0.05, 0.1) is 18.4 Å². The second-order valence-corrected chi connectivity index (χ2v) is 9.43. The third kappa shape index (κ3) is 6.75. The van der Waals surface area contributed by atoms with Crippen molar-refractivity contribution in [2.24, 2.45) is 10.9 Å². The lowest BCUT2D eigenvalue weighted by molar-refractivity contribution is -0.123. The van der Waals surface area contributed by atoms with Crippen LogP contribution in [0.3, 0.4) is 0 Å². The first-order valence-electron chi connectivity index (χ1n) is 12.4. The number of likely N-dealkylation sites (tertiary alicyclic amines) is 1. The SMILES string of the molecule is COCC1=NC(=O)N[C@H](c2ccc(F)c(F)c2)C1C(=O)NCCCN1CCC(c2ccc(F)cc2)CC1. The molecule has 0 bridgehead atoms. The summed E-state index contributed by atoms with van der Waals surface area (Å²) in [6.07, 6.45) is 2.71. The molecule has 0 saturated carbocycles. The summed E-state index contributed by atoms with van der Waals surface area (Å²) in [5, 5.41) is 5.50. The number of benzene rings is 2. The molecule has 10 heteroatoms. The fourth-order valence-electron chi connectivity index (χ4n) is 5.04. The fourth-order valence-corrected chi connectivity index (χ4v) is 5.04. The van der Waals surface area contributed by atoms with Crippen molar-refractivity contribution in [2.75, 3.05) is 39.9 Å². The second-order valence-electron chi connectivity index (χ2n) is 9.43. The Labute approximate surface area is 214 Å². The maximum absolute atomic E-state index is 13.9. The maximum Gasteiger partial charge on any atom is 0.341 e. The molecule has 37 heavy (non-hydrogen) atoms. The van der Waals surface area contributed by atoms with E-state index >= 15 is 0 Å². The number of ether oxygens (including phenoxy) is 1. The number of halogens is 3. The summed E-state index contributed by atoms with van der Waals surface area (Å²) in [5.74, 6) is -3.18. The number of methoxy groups -OCH3 is 1. The topological polar surface area (TPSA) is 83.0 Å². The molecule has 0 aromatic heterocycles. The Balaban J connectivity index is 1.31. The van der Waals surface area contributed by atoms with Crippen molar-refractivity contribution in [1.82, 2.24) is 15.5 Å². The van der Waals surface area contributed by atoms with Gasteiger partial charge in [0.2, 0.25) is 5.91 Å². The third-order valence-electron chi connectivity index (χ3n) is 6.97. The van der Waals surface area contributed by atoms with E-state index in [1.54, 1.807) is 0 Å². The monoisotopic (exact) mass is 516 g/mol. The summed E-state index contributed by atoms with van der Waals surface area (Å²) in [7, 11) is 1.43. The summed E-state index contributed by atoms with van der Waals surface area (Å²) in [6.45, 7) is 3.02. The zero-order valence-corrected chi connectivity index (χ0v) is 20.7. The Kier molecular flexibility index (Phi) is 8.94. The summed E-state index contributed by atoms with van der Waals surface area (Å²) in [4.78, 5) is 31.6. The van der Waals surface area contributed by atoms with Crippen molar-refractivity contribution in [2.45, 2.75) is 31.2 Å². The van der Waals surface area contributed by atoms with Crippen molar-refractivity contribution >= 4 is 17.6 Å². The van der Waals surface area contributed by atoms with Crippen LogP contribution in [0.1, 0.15) is 42.3 Å². The standard InChI is InChI=1S/C27H31F3N4O3/c1-37-16-23-24(25(33-27(36)32-23)19-5-8-21(29)22(30)15-19)26(35)31-11-2-12-34-13-9-18(10-14-34)17-3-6-20(28)7-4-17/h3-8,15,18,24-25H,2,9-14,16H2,1H3,(H,31,35)(H,33,36)/t24?,25-/m1/s1. The smallest absolute Gasteiger partial charge is 0.341 e. The molecule has 2 aromatic rings. The first-order valence-corrected chi connectivity index (χ1v) is 12.4. The number of urea groups is 1. The van der Waals surface area contributed by atoms with Crippen LogP contribution in [0, 0.1) is 23.4 Å². The van der Waals surface area contributed by atoms with Gasteiger partial charge < -0.3 is 20.3 Å². The van der Waals surface area contributed by atoms with Crippen molar-refractivity contribution < 1.29 is 27.5 Å². The molecule has 2 atom stereocenters. The van der Waals surface area contributed by atoms with Crippen molar-refractivity contribution in [3.8, 4) is 0 Å². The molecule has 2 aliphatic heterocycles. The fraction of sp³-hybridized carbons (Fsp3) is 0.444. The van der Waals surface area contributed by atoms with Crippen LogP contribution in [0.25, 0.3) is 0 Å². The minimum Gasteiger partial charge on any atom is -0.379 e. The molecule has 4 rings (SSSR count). The van der Waals surface area contributed by atoms with Gasteiger partial charge in [0, 0.05) is 13.7 Å². The highest BCUT2D eigenvalue weighted by molar-refractivity contribution is 6.11. The van der Waals surface area contributed by atoms with Crippen LogP contribution in [0.15, 0.2) is 47.5 Å². The van der Waals surface area contributed by atoms with Crippen LogP contribution < -0.4 is 10.6 Å². The lowest BCUT2D eigenvalue weighted by atomic mass is 9.87. The van der Waals surface area contributed by atoms with E-state index < -0.39 is 29.6 Å². The van der Waals surface area contributed by atoms with Crippen LogP contribution >= 0.6 is 0 Å². The Morgan fingerprint density at radius 2 is 1.78 bits per heavy atom. The minimum atomic E-state index is -1.06. The van der Waals surface area contributed by atoms with Gasteiger partial charge in [-0.2, -0.15) is 4.99 Å². The quantitative estimate of drug-likeness (QED) is 0.495. The Hall–Kier alpha value is -3.24. The second kappa shape index (κ2) is 12.3. The van der Waals surface area contributed by atoms with E-state index in [1.807, 2.05) is 12.1 Å². The van der Waals surface area contributed by atoms with Crippen LogP contribution in [-0.2, 0) is 9.53 Å². The normalized spacial score (nSPS) is 20.9. The largest absolute Gasteiger partial charge is 0.379 e. The molecule has 2 heterocycles. The van der Waals surface area contributed by atoms with Crippen LogP contribution in [0.2, 0.25) is 0 Å². The number of carbonyl (C=O) groups excluding carboxylic acids is 2. The predicted molar refractivity (Wildman–Crippen MR) is 133 cm³/mol. The number of amides is 3. The summed E-state index contributed by atoms with van der Waals surface area (Å²) >= 11 is 0. The Bertz CT molecular complexity index is 1130. The number of hydrogen-bond acceptors (Lipinski definition) is 4. The predicted octanol–water partition coefficient (Wildman–Crippen LogP) is 3.96. The average Bonchev–Trinajstić information content (AvgIpc) is 2.89. The molecule has 3 amide bonds. The lowest BCUT2D eigenvalue weighted by Gasteiger charge is -2.33. The lowest BCUT2D eigenvalue weighted by Crippen LogP contribution is -2.49. The van der Waals surface area contributed by atoms with E-state index in [2.05, 4.69) is 20.5 Å². The van der Waals surface area contributed by atoms with Gasteiger partial charge in [-0.1, -0.05) is 18.2 Å². The molecule has 1 unspecified atom stereocenters. The highest BCUT2D eigenvalue weighted by Crippen LogP contribution is 2.29. The molecule has 7 nitrogen and oxygen atoms in total. The highest BCUT2D eigenvalue weighted by Gasteiger charge is 2.39. The molecule has 198 valence electrons. The zero-order chi connectivity index (χ0) is 26.4. The van der Waals surface area contributed by atoms with Gasteiger partial charge in [0.25, 0.3) is 0 Å². The Morgan fingerprint density at radius 1 is 1.08 bits per heavy atom. The van der Waals surface area contributed by atoms with Gasteiger partial charge >= 0.3 is 6.03 Å². The zero-order valence-electron chi connectivity index (χ0n) is 20.7. The number of nitrogens with one attached hydrogen (secondary N) is 2. The van der Waals surface area contributed by atoms with Crippen molar-refractivity contribution in [1.29, 1.82) is 0 Å². The molecule has 0 spiro atoms. The molecule has 2 aliphatic rings. The van der Waals surface area contributed by atoms with Crippen molar-refractivity contribution in [3.05, 3.63) is 71.0 Å². The molecular weight excluding hydrogens is 485 g/mol. The van der Waals surface area contributed by atoms with Crippen LogP contribution in [0.5, 0.6) is 0 Å². The number of piperidine rings is 1. The number of hydrogen-bond donors (Lipinski definition) is 2. The molecule has 0 aliphatic carbocycles. The molecule has 2 aromatic carbocycles. The number of carbonyl (C=O) groups is 2. The summed E-state index contributed by atoms with van der Waals surface area (Å²) in [5.41, 5.74) is 1.65. The van der Waals surface area contributed by atoms with Crippen LogP contribution in [0.4, 0.5) is 18.0 Å². The van der Waals surface area contributed by atoms with Gasteiger partial charge in [-0.05, 0) is 80.2 Å². The van der Waals surface area contributed by atoms with Gasteiger partial charge in [-0.25, -0.2) is 18.0 Å². The van der Waals surface area contributed by atoms with Gasteiger partial charge in [0.1, 0.15) is 11.7 Å². The molecule has 2 N–H and O–H groups in total. The average molecular weight is 517 g/mol. The van der Waals surface area contributed by atoms with Crippen LogP contribution in [-0.4, -0.2) is 62.4 Å². The summed E-state index contributed by atoms with van der Waals surface area (Å²) in [6, 6.07) is 8.42. The van der Waals surface area contributed by atoms with Crippen molar-refractivity contribution in [3.63, 3.8) is 0 Å². The van der Waals surface area contributed by atoms with E-state index in [-0.39, 0.29) is 29.6 Å². The molecule has 1 fully saturated rings. The maximum atomic E-state index is 13.9. The first kappa shape index (κ1) is 26.8. The number of rotatable bonds is 9. The molecular formula is C27H31F3N4O3. The van der Waals surface area contributed by atoms with E-state index in [0.29, 0.717) is 12.5 Å². The van der Waals surface area contributed by atoms with E-state index in [4.69, 9.17) is 4.74 Å². The van der Waals surface area contributed by atoms with Gasteiger partial charge in [-0.15, -0.1) is 0 Å². The molecule has 0 radical (unpaired) electrons. The number of aliphatic imine (C=N–C) groups is 1. The summed E-state index contributed by atoms with van der Waals surface area (Å²) < 4.78 is 45.7. The van der Waals surface area contributed by atoms with Gasteiger partial charge in [0.15, 0.2) is 11.6 Å². The highest BCUT2D eigenvalue weighted by atomic mass is 19.2. The van der Waals surface area contributed by atoms with Gasteiger partial charge in [-0.3, -0.25) is 4.79 Å². The van der Waals surface area contributed by atoms with E-state index in [9.17, 15) is 22.8 Å². The Morgan fingerprint density at radius 3 is 2.46 bits per heavy atom. The third-order valence-corrected chi connectivity index (χ3v) is 6.97. The first-order chi connectivity index (χ1) is 17.9. The van der Waals surface area contributed by atoms with E-state index in [0.717, 1.165) is 56.6 Å². The molecule has 1 saturated heterocycles. The van der Waals surface area contributed by atoms with E-state index in [1.165, 1.54) is 25.3 Å². The number of nitrogens with zero attached hydrogens (tertiary/aromatic N) is 2. The minimum absolute atomic E-state index is 0.0469.